The van der Waals surface area contributed by atoms with Gasteiger partial charge in [0.05, 0.1) is 23.0 Å². The van der Waals surface area contributed by atoms with Crippen LogP contribution in [0.3, 0.4) is 0 Å². The summed E-state index contributed by atoms with van der Waals surface area (Å²) in [6, 6.07) is 9.55. The van der Waals surface area contributed by atoms with Crippen molar-refractivity contribution in [2.24, 2.45) is 23.7 Å². The SMILES string of the molecule is Cl.O=C(OCc1ccccc1C(F)(F)F)C1CCC2C(C(=O)OCc3ccccc3C(F)(F)F)C12. The van der Waals surface area contributed by atoms with Crippen LogP contribution in [-0.2, 0) is 44.6 Å². The second-order valence-electron chi connectivity index (χ2n) is 8.48. The van der Waals surface area contributed by atoms with Gasteiger partial charge < -0.3 is 9.47 Å². The number of esters is 2. The van der Waals surface area contributed by atoms with E-state index < -0.39 is 60.5 Å². The standard InChI is InChI=1S/C24H20F6O4.ClH/c25-23(26,27)17-7-3-1-5-13(17)11-33-21(31)16-10-9-15-19(16)20(15)22(32)34-12-14-6-2-4-8-18(14)24(28,29)30;/h1-8,15-16,19-20H,9-12H2;1H. The van der Waals surface area contributed by atoms with Crippen molar-refractivity contribution in [2.45, 2.75) is 38.4 Å². The van der Waals surface area contributed by atoms with Crippen LogP contribution in [0.1, 0.15) is 35.1 Å². The van der Waals surface area contributed by atoms with Gasteiger partial charge in [0.25, 0.3) is 0 Å². The van der Waals surface area contributed by atoms with E-state index in [1.807, 2.05) is 0 Å². The van der Waals surface area contributed by atoms with Crippen molar-refractivity contribution in [1.82, 2.24) is 0 Å². The van der Waals surface area contributed by atoms with Crippen molar-refractivity contribution in [3.05, 3.63) is 70.8 Å². The third-order valence-corrected chi connectivity index (χ3v) is 6.47. The monoisotopic (exact) mass is 522 g/mol. The highest BCUT2D eigenvalue weighted by Crippen LogP contribution is 2.61. The number of hydrogen-bond acceptors (Lipinski definition) is 4. The Kier molecular flexibility index (Phi) is 7.74. The average molecular weight is 523 g/mol. The lowest BCUT2D eigenvalue weighted by Gasteiger charge is -2.16. The van der Waals surface area contributed by atoms with Gasteiger partial charge >= 0.3 is 24.3 Å². The number of carbonyl (C=O) groups is 2. The minimum atomic E-state index is -4.59. The molecular weight excluding hydrogens is 502 g/mol. The summed E-state index contributed by atoms with van der Waals surface area (Å²) in [4.78, 5) is 25.0. The molecule has 11 heteroatoms. The molecule has 0 saturated heterocycles. The molecule has 0 aromatic heterocycles. The van der Waals surface area contributed by atoms with E-state index in [9.17, 15) is 35.9 Å². The Balaban J connectivity index is 0.00000342. The van der Waals surface area contributed by atoms with Crippen molar-refractivity contribution in [3.63, 3.8) is 0 Å². The maximum Gasteiger partial charge on any atom is 0.416 e. The summed E-state index contributed by atoms with van der Waals surface area (Å²) < 4.78 is 88.9. The minimum Gasteiger partial charge on any atom is -0.461 e. The fourth-order valence-electron chi connectivity index (χ4n) is 4.84. The van der Waals surface area contributed by atoms with Gasteiger partial charge in [0.1, 0.15) is 13.2 Å². The molecule has 2 aliphatic carbocycles. The van der Waals surface area contributed by atoms with Crippen LogP contribution in [-0.4, -0.2) is 11.9 Å². The second-order valence-corrected chi connectivity index (χ2v) is 8.48. The molecule has 0 heterocycles. The van der Waals surface area contributed by atoms with E-state index >= 15 is 0 Å². The first-order valence-corrected chi connectivity index (χ1v) is 10.6. The van der Waals surface area contributed by atoms with Gasteiger partial charge in [-0.05, 0) is 36.8 Å². The zero-order valence-electron chi connectivity index (χ0n) is 18.1. The lowest BCUT2D eigenvalue weighted by atomic mass is 10.00. The van der Waals surface area contributed by atoms with Gasteiger partial charge in [0.15, 0.2) is 0 Å². The molecule has 0 aliphatic heterocycles. The van der Waals surface area contributed by atoms with E-state index in [1.165, 1.54) is 36.4 Å². The summed E-state index contributed by atoms with van der Waals surface area (Å²) in [5, 5.41) is 0. The van der Waals surface area contributed by atoms with Crippen molar-refractivity contribution < 1.29 is 45.4 Å². The Morgan fingerprint density at radius 1 is 0.743 bits per heavy atom. The molecule has 0 amide bonds. The van der Waals surface area contributed by atoms with Crippen LogP contribution in [0.5, 0.6) is 0 Å². The summed E-state index contributed by atoms with van der Waals surface area (Å²) in [7, 11) is 0. The van der Waals surface area contributed by atoms with Gasteiger partial charge in [-0.2, -0.15) is 26.3 Å². The summed E-state index contributed by atoms with van der Waals surface area (Å²) in [6.45, 7) is -1.10. The van der Waals surface area contributed by atoms with Gasteiger partial charge in [-0.1, -0.05) is 36.4 Å². The third kappa shape index (κ3) is 5.74. The number of rotatable bonds is 6. The Morgan fingerprint density at radius 3 is 1.69 bits per heavy atom. The Bertz CT molecular complexity index is 1080. The maximum absolute atomic E-state index is 13.1. The summed E-state index contributed by atoms with van der Waals surface area (Å²) in [5.41, 5.74) is -2.13. The molecule has 0 N–H and O–H groups in total. The third-order valence-electron chi connectivity index (χ3n) is 6.47. The number of carbonyl (C=O) groups excluding carboxylic acids is 2. The molecule has 2 aromatic rings. The molecule has 0 bridgehead atoms. The first-order chi connectivity index (χ1) is 16.0. The van der Waals surface area contributed by atoms with E-state index in [0.717, 1.165) is 12.1 Å². The van der Waals surface area contributed by atoms with Gasteiger partial charge in [0.2, 0.25) is 0 Å². The summed E-state index contributed by atoms with van der Waals surface area (Å²) in [6.07, 6.45) is -8.21. The Morgan fingerprint density at radius 2 is 1.20 bits per heavy atom. The topological polar surface area (TPSA) is 52.6 Å². The van der Waals surface area contributed by atoms with Gasteiger partial charge in [0, 0.05) is 11.1 Å². The van der Waals surface area contributed by atoms with E-state index in [4.69, 9.17) is 9.47 Å². The minimum absolute atomic E-state index is 0. The smallest absolute Gasteiger partial charge is 0.416 e. The molecule has 4 atom stereocenters. The van der Waals surface area contributed by atoms with Crippen LogP contribution in [0, 0.1) is 23.7 Å². The number of halogens is 7. The molecule has 190 valence electrons. The molecule has 2 fully saturated rings. The van der Waals surface area contributed by atoms with E-state index in [-0.39, 0.29) is 35.4 Å². The van der Waals surface area contributed by atoms with E-state index in [0.29, 0.717) is 12.8 Å². The molecule has 2 aliphatic rings. The first kappa shape index (κ1) is 26.8. The van der Waals surface area contributed by atoms with Gasteiger partial charge in [-0.25, -0.2) is 0 Å². The summed E-state index contributed by atoms with van der Waals surface area (Å²) in [5.74, 6) is -3.20. The van der Waals surface area contributed by atoms with Gasteiger partial charge in [-0.3, -0.25) is 9.59 Å². The van der Waals surface area contributed by atoms with Gasteiger partial charge in [-0.15, -0.1) is 12.4 Å². The highest BCUT2D eigenvalue weighted by Gasteiger charge is 2.64. The summed E-state index contributed by atoms with van der Waals surface area (Å²) >= 11 is 0. The van der Waals surface area contributed by atoms with Crippen LogP contribution in [0.25, 0.3) is 0 Å². The molecule has 4 rings (SSSR count). The molecular formula is C24H21ClF6O4. The largest absolute Gasteiger partial charge is 0.461 e. The number of alkyl halides is 6. The van der Waals surface area contributed by atoms with Crippen molar-refractivity contribution >= 4 is 24.3 Å². The van der Waals surface area contributed by atoms with Crippen molar-refractivity contribution in [1.29, 1.82) is 0 Å². The number of fused-ring (bicyclic) bond motifs is 1. The van der Waals surface area contributed by atoms with Crippen molar-refractivity contribution in [2.75, 3.05) is 0 Å². The van der Waals surface area contributed by atoms with Crippen LogP contribution in [0.15, 0.2) is 48.5 Å². The van der Waals surface area contributed by atoms with Crippen LogP contribution < -0.4 is 0 Å². The van der Waals surface area contributed by atoms with Crippen LogP contribution in [0.2, 0.25) is 0 Å². The predicted molar refractivity (Wildman–Crippen MR) is 113 cm³/mol. The lowest BCUT2D eigenvalue weighted by molar-refractivity contribution is -0.154. The van der Waals surface area contributed by atoms with E-state index in [2.05, 4.69) is 0 Å². The van der Waals surface area contributed by atoms with E-state index in [1.54, 1.807) is 0 Å². The number of hydrogen-bond donors (Lipinski definition) is 0. The zero-order valence-corrected chi connectivity index (χ0v) is 18.9. The molecule has 0 radical (unpaired) electrons. The second kappa shape index (κ2) is 10.1. The maximum atomic E-state index is 13.1. The highest BCUT2D eigenvalue weighted by atomic mass is 35.5. The molecule has 4 unspecified atom stereocenters. The highest BCUT2D eigenvalue weighted by molar-refractivity contribution is 5.85. The fourth-order valence-corrected chi connectivity index (χ4v) is 4.84. The number of ether oxygens (including phenoxy) is 2. The fraction of sp³-hybridized carbons (Fsp3) is 0.417. The molecule has 2 saturated carbocycles. The average Bonchev–Trinajstić information content (AvgIpc) is 3.33. The molecule has 2 aromatic carbocycles. The quantitative estimate of drug-likeness (QED) is 0.335. The zero-order chi connectivity index (χ0) is 24.7. The molecule has 0 spiro atoms. The Labute approximate surface area is 203 Å². The first-order valence-electron chi connectivity index (χ1n) is 10.6. The van der Waals surface area contributed by atoms with Crippen LogP contribution in [0.4, 0.5) is 26.3 Å². The lowest BCUT2D eigenvalue weighted by Crippen LogP contribution is -2.22. The predicted octanol–water partition coefficient (Wildman–Crippen LogP) is 6.20. The molecule has 35 heavy (non-hydrogen) atoms. The normalized spacial score (nSPS) is 23.1. The Hall–Kier alpha value is -2.75. The van der Waals surface area contributed by atoms with Crippen molar-refractivity contribution in [3.8, 4) is 0 Å². The number of benzene rings is 2. The van der Waals surface area contributed by atoms with Crippen LogP contribution >= 0.6 is 12.4 Å². The molecule has 4 nitrogen and oxygen atoms in total.